The molecule has 3 rings (SSSR count). The summed E-state index contributed by atoms with van der Waals surface area (Å²) in [6, 6.07) is 8.79. The summed E-state index contributed by atoms with van der Waals surface area (Å²) in [7, 11) is 0. The zero-order valence-corrected chi connectivity index (χ0v) is 13.4. The summed E-state index contributed by atoms with van der Waals surface area (Å²) < 4.78 is 56.9. The first-order valence-electron chi connectivity index (χ1n) is 7.80. The van der Waals surface area contributed by atoms with E-state index in [1.807, 2.05) is 0 Å². The standard InChI is InChI=1S/C18H14F4N2O2/c19-12-7-4-8-13(20)14(12)18(21,22)17(26)24-10-9-23-16(25)15(24)11-5-2-1-3-6-11/h1-8,15H,9-10H2,(H,23,25). The van der Waals surface area contributed by atoms with Crippen LogP contribution in [0.3, 0.4) is 0 Å². The van der Waals surface area contributed by atoms with Gasteiger partial charge in [0.15, 0.2) is 0 Å². The number of benzene rings is 2. The van der Waals surface area contributed by atoms with Gasteiger partial charge in [-0.3, -0.25) is 9.59 Å². The van der Waals surface area contributed by atoms with E-state index in [-0.39, 0.29) is 13.1 Å². The number of rotatable bonds is 3. The lowest BCUT2D eigenvalue weighted by atomic mass is 9.99. The van der Waals surface area contributed by atoms with Crippen LogP contribution in [-0.4, -0.2) is 29.8 Å². The van der Waals surface area contributed by atoms with Gasteiger partial charge in [0.1, 0.15) is 23.2 Å². The summed E-state index contributed by atoms with van der Waals surface area (Å²) in [5.74, 6) is -9.98. The molecule has 0 aliphatic carbocycles. The Kier molecular flexibility index (Phi) is 4.67. The summed E-state index contributed by atoms with van der Waals surface area (Å²) in [6.07, 6.45) is 0. The molecular weight excluding hydrogens is 352 g/mol. The topological polar surface area (TPSA) is 49.4 Å². The summed E-state index contributed by atoms with van der Waals surface area (Å²) in [6.45, 7) is -0.250. The second kappa shape index (κ2) is 6.78. The highest BCUT2D eigenvalue weighted by Gasteiger charge is 2.51. The Hall–Kier alpha value is -2.90. The number of nitrogens with one attached hydrogen (secondary N) is 1. The number of alkyl halides is 2. The molecule has 0 bridgehead atoms. The van der Waals surface area contributed by atoms with E-state index < -0.39 is 41.0 Å². The lowest BCUT2D eigenvalue weighted by molar-refractivity contribution is -0.166. The molecule has 2 amide bonds. The second-order valence-corrected chi connectivity index (χ2v) is 5.77. The fourth-order valence-corrected chi connectivity index (χ4v) is 2.94. The van der Waals surface area contributed by atoms with Crippen LogP contribution >= 0.6 is 0 Å². The fraction of sp³-hybridized carbons (Fsp3) is 0.222. The third-order valence-corrected chi connectivity index (χ3v) is 4.13. The highest BCUT2D eigenvalue weighted by atomic mass is 19.3. The van der Waals surface area contributed by atoms with Crippen LogP contribution in [0.2, 0.25) is 0 Å². The number of hydrogen-bond donors (Lipinski definition) is 1. The van der Waals surface area contributed by atoms with E-state index in [2.05, 4.69) is 5.32 Å². The molecule has 0 spiro atoms. The van der Waals surface area contributed by atoms with Crippen LogP contribution in [0, 0.1) is 11.6 Å². The van der Waals surface area contributed by atoms with Gasteiger partial charge in [-0.2, -0.15) is 8.78 Å². The predicted molar refractivity (Wildman–Crippen MR) is 84.2 cm³/mol. The molecule has 4 nitrogen and oxygen atoms in total. The number of piperazine rings is 1. The summed E-state index contributed by atoms with van der Waals surface area (Å²) in [5.41, 5.74) is -1.30. The molecule has 8 heteroatoms. The number of carbonyl (C=O) groups excluding carboxylic acids is 2. The first-order valence-corrected chi connectivity index (χ1v) is 7.80. The van der Waals surface area contributed by atoms with Crippen molar-refractivity contribution in [1.82, 2.24) is 10.2 Å². The molecule has 1 saturated heterocycles. The maximum absolute atomic E-state index is 14.7. The van der Waals surface area contributed by atoms with Crippen molar-refractivity contribution in [2.45, 2.75) is 12.0 Å². The largest absolute Gasteiger partial charge is 0.355 e. The quantitative estimate of drug-likeness (QED) is 0.850. The second-order valence-electron chi connectivity index (χ2n) is 5.77. The van der Waals surface area contributed by atoms with E-state index in [0.717, 1.165) is 6.07 Å². The van der Waals surface area contributed by atoms with Gasteiger partial charge in [-0.25, -0.2) is 8.78 Å². The molecule has 2 aromatic carbocycles. The van der Waals surface area contributed by atoms with Crippen LogP contribution in [0.15, 0.2) is 48.5 Å². The smallest absolute Gasteiger partial charge is 0.352 e. The van der Waals surface area contributed by atoms with Crippen molar-refractivity contribution in [2.24, 2.45) is 0 Å². The fourth-order valence-electron chi connectivity index (χ4n) is 2.94. The summed E-state index contributed by atoms with van der Waals surface area (Å²) in [5, 5.41) is 2.50. The zero-order valence-electron chi connectivity index (χ0n) is 13.4. The monoisotopic (exact) mass is 366 g/mol. The first-order chi connectivity index (χ1) is 12.3. The third-order valence-electron chi connectivity index (χ3n) is 4.13. The Morgan fingerprint density at radius 3 is 2.27 bits per heavy atom. The minimum atomic E-state index is -4.46. The van der Waals surface area contributed by atoms with E-state index in [0.29, 0.717) is 22.6 Å². The molecule has 1 aliphatic heterocycles. The number of nitrogens with zero attached hydrogens (tertiary/aromatic N) is 1. The van der Waals surface area contributed by atoms with E-state index >= 15 is 0 Å². The number of hydrogen-bond acceptors (Lipinski definition) is 2. The zero-order chi connectivity index (χ0) is 18.9. The van der Waals surface area contributed by atoms with Crippen molar-refractivity contribution in [2.75, 3.05) is 13.1 Å². The lowest BCUT2D eigenvalue weighted by Crippen LogP contribution is -2.55. The average Bonchev–Trinajstić information content (AvgIpc) is 2.61. The van der Waals surface area contributed by atoms with Crippen molar-refractivity contribution < 1.29 is 27.2 Å². The molecule has 136 valence electrons. The van der Waals surface area contributed by atoms with Gasteiger partial charge in [-0.05, 0) is 17.7 Å². The van der Waals surface area contributed by atoms with Gasteiger partial charge in [0.05, 0.1) is 0 Å². The summed E-state index contributed by atoms with van der Waals surface area (Å²) >= 11 is 0. The minimum absolute atomic E-state index is 0.0380. The van der Waals surface area contributed by atoms with Crippen molar-refractivity contribution in [3.63, 3.8) is 0 Å². The molecule has 1 N–H and O–H groups in total. The maximum atomic E-state index is 14.7. The summed E-state index contributed by atoms with van der Waals surface area (Å²) in [4.78, 5) is 25.4. The Labute approximate surface area is 146 Å². The van der Waals surface area contributed by atoms with Crippen molar-refractivity contribution in [3.05, 3.63) is 71.3 Å². The Morgan fingerprint density at radius 2 is 1.65 bits per heavy atom. The SMILES string of the molecule is O=C1NCCN(C(=O)C(F)(F)c2c(F)cccc2F)C1c1ccccc1. The molecule has 1 aliphatic rings. The van der Waals surface area contributed by atoms with Gasteiger partial charge in [-0.15, -0.1) is 0 Å². The van der Waals surface area contributed by atoms with E-state index in [1.54, 1.807) is 18.2 Å². The average molecular weight is 366 g/mol. The predicted octanol–water partition coefficient (Wildman–Crippen LogP) is 2.76. The van der Waals surface area contributed by atoms with E-state index in [4.69, 9.17) is 0 Å². The highest BCUT2D eigenvalue weighted by molar-refractivity contribution is 5.93. The van der Waals surface area contributed by atoms with Gasteiger partial charge in [0.25, 0.3) is 5.91 Å². The van der Waals surface area contributed by atoms with Gasteiger partial charge < -0.3 is 10.2 Å². The molecule has 26 heavy (non-hydrogen) atoms. The first kappa shape index (κ1) is 17.9. The van der Waals surface area contributed by atoms with Crippen LogP contribution in [0.1, 0.15) is 17.2 Å². The Morgan fingerprint density at radius 1 is 1.04 bits per heavy atom. The molecule has 1 unspecified atom stereocenters. The lowest BCUT2D eigenvalue weighted by Gasteiger charge is -2.37. The molecule has 1 fully saturated rings. The van der Waals surface area contributed by atoms with Crippen LogP contribution < -0.4 is 5.32 Å². The van der Waals surface area contributed by atoms with Crippen LogP contribution in [0.5, 0.6) is 0 Å². The molecule has 0 saturated carbocycles. The Bertz CT molecular complexity index is 822. The van der Waals surface area contributed by atoms with Crippen LogP contribution in [-0.2, 0) is 15.5 Å². The molecule has 1 heterocycles. The van der Waals surface area contributed by atoms with E-state index in [1.165, 1.54) is 12.1 Å². The third kappa shape index (κ3) is 3.02. The maximum Gasteiger partial charge on any atom is 0.355 e. The van der Waals surface area contributed by atoms with Crippen molar-refractivity contribution in [3.8, 4) is 0 Å². The number of carbonyl (C=O) groups is 2. The van der Waals surface area contributed by atoms with E-state index in [9.17, 15) is 27.2 Å². The molecule has 0 radical (unpaired) electrons. The number of amides is 2. The number of halogens is 4. The normalized spacial score (nSPS) is 17.8. The van der Waals surface area contributed by atoms with Crippen LogP contribution in [0.25, 0.3) is 0 Å². The Balaban J connectivity index is 2.02. The minimum Gasteiger partial charge on any atom is -0.352 e. The van der Waals surface area contributed by atoms with Crippen molar-refractivity contribution in [1.29, 1.82) is 0 Å². The van der Waals surface area contributed by atoms with Gasteiger partial charge in [0.2, 0.25) is 5.91 Å². The van der Waals surface area contributed by atoms with Crippen LogP contribution in [0.4, 0.5) is 17.6 Å². The van der Waals surface area contributed by atoms with Gasteiger partial charge in [0, 0.05) is 13.1 Å². The van der Waals surface area contributed by atoms with Crippen molar-refractivity contribution >= 4 is 11.8 Å². The highest BCUT2D eigenvalue weighted by Crippen LogP contribution is 2.37. The molecule has 0 aromatic heterocycles. The van der Waals surface area contributed by atoms with Gasteiger partial charge >= 0.3 is 5.92 Å². The molecular formula is C18H14F4N2O2. The van der Waals surface area contributed by atoms with Gasteiger partial charge in [-0.1, -0.05) is 36.4 Å². The molecule has 1 atom stereocenters. The molecule has 2 aromatic rings.